The van der Waals surface area contributed by atoms with Crippen LogP contribution in [0.15, 0.2) is 48.1 Å². The predicted molar refractivity (Wildman–Crippen MR) is 82.8 cm³/mol. The molecule has 96 valence electrons. The molecule has 0 saturated carbocycles. The van der Waals surface area contributed by atoms with Gasteiger partial charge in [-0.15, -0.1) is 6.58 Å². The minimum atomic E-state index is 0.696. The fraction of sp³-hybridized carbons (Fsp3) is 0.235. The highest BCUT2D eigenvalue weighted by molar-refractivity contribution is 6.07. The van der Waals surface area contributed by atoms with Gasteiger partial charge in [-0.25, -0.2) is 0 Å². The zero-order valence-corrected chi connectivity index (χ0v) is 11.3. The predicted octanol–water partition coefficient (Wildman–Crippen LogP) is 3.96. The van der Waals surface area contributed by atoms with Gasteiger partial charge in [0.05, 0.1) is 6.54 Å². The number of fused-ring (bicyclic) bond motifs is 2. The van der Waals surface area contributed by atoms with Crippen LogP contribution in [0, 0.1) is 0 Å². The molecule has 2 aromatic rings. The molecular weight excluding hydrogens is 232 g/mol. The summed E-state index contributed by atoms with van der Waals surface area (Å²) in [6.07, 6.45) is 10.5. The lowest BCUT2D eigenvalue weighted by Gasteiger charge is -2.09. The number of hydrogen-bond acceptors (Lipinski definition) is 1. The molecule has 0 N–H and O–H groups in total. The van der Waals surface area contributed by atoms with Crippen molar-refractivity contribution in [2.75, 3.05) is 6.54 Å². The van der Waals surface area contributed by atoms with E-state index >= 15 is 0 Å². The zero-order valence-electron chi connectivity index (χ0n) is 11.3. The largest absolute Gasteiger partial charge is 0.351 e. The van der Waals surface area contributed by atoms with Crippen molar-refractivity contribution in [3.05, 3.63) is 54.3 Å². The van der Waals surface area contributed by atoms with Gasteiger partial charge in [-0.05, 0) is 36.6 Å². The Morgan fingerprint density at radius 3 is 3.16 bits per heavy atom. The monoisotopic (exact) mass is 250 g/mol. The van der Waals surface area contributed by atoms with Crippen molar-refractivity contribution in [3.8, 4) is 0 Å². The van der Waals surface area contributed by atoms with Crippen LogP contribution in [-0.4, -0.2) is 16.8 Å². The topological polar surface area (TPSA) is 17.3 Å². The first kappa shape index (κ1) is 12.0. The highest BCUT2D eigenvalue weighted by Crippen LogP contribution is 2.26. The normalized spacial score (nSPS) is 16.6. The maximum Gasteiger partial charge on any atom is 0.0571 e. The summed E-state index contributed by atoms with van der Waals surface area (Å²) in [5, 5.41) is 1.28. The number of allylic oxidation sites excluding steroid dienone is 1. The van der Waals surface area contributed by atoms with E-state index in [0.717, 1.165) is 12.8 Å². The second kappa shape index (κ2) is 4.88. The quantitative estimate of drug-likeness (QED) is 0.718. The van der Waals surface area contributed by atoms with Gasteiger partial charge in [0.15, 0.2) is 0 Å². The van der Waals surface area contributed by atoms with Crippen molar-refractivity contribution >= 4 is 22.7 Å². The van der Waals surface area contributed by atoms with Crippen LogP contribution in [-0.2, 0) is 7.05 Å². The van der Waals surface area contributed by atoms with Crippen LogP contribution in [0.3, 0.4) is 0 Å². The van der Waals surface area contributed by atoms with E-state index in [1.807, 2.05) is 6.08 Å². The van der Waals surface area contributed by atoms with E-state index in [0.29, 0.717) is 6.54 Å². The molecule has 0 radical (unpaired) electrons. The lowest BCUT2D eigenvalue weighted by atomic mass is 10.00. The molecule has 0 bridgehead atoms. The van der Waals surface area contributed by atoms with Gasteiger partial charge in [0.25, 0.3) is 0 Å². The Morgan fingerprint density at radius 1 is 1.42 bits per heavy atom. The SMILES string of the molecule is C=CCN=C1CCC=Cc2cc3c(ccn3C)cc21. The molecule has 0 aliphatic heterocycles. The molecule has 1 aromatic carbocycles. The molecule has 0 saturated heterocycles. The third kappa shape index (κ3) is 2.14. The minimum Gasteiger partial charge on any atom is -0.351 e. The molecule has 0 unspecified atom stereocenters. The fourth-order valence-corrected chi connectivity index (χ4v) is 2.62. The highest BCUT2D eigenvalue weighted by Gasteiger charge is 2.12. The molecular formula is C17H18N2. The van der Waals surface area contributed by atoms with E-state index in [2.05, 4.69) is 59.7 Å². The van der Waals surface area contributed by atoms with Gasteiger partial charge in [-0.2, -0.15) is 0 Å². The van der Waals surface area contributed by atoms with E-state index in [-0.39, 0.29) is 0 Å². The Bertz CT molecular complexity index is 687. The van der Waals surface area contributed by atoms with Gasteiger partial charge in [0.2, 0.25) is 0 Å². The van der Waals surface area contributed by atoms with E-state index in [1.165, 1.54) is 27.7 Å². The number of nitrogens with zero attached hydrogens (tertiary/aromatic N) is 2. The molecule has 2 nitrogen and oxygen atoms in total. The first-order valence-corrected chi connectivity index (χ1v) is 6.70. The van der Waals surface area contributed by atoms with Gasteiger partial charge in [-0.1, -0.05) is 18.2 Å². The molecule has 0 atom stereocenters. The van der Waals surface area contributed by atoms with Crippen molar-refractivity contribution in [1.82, 2.24) is 4.57 Å². The molecule has 0 fully saturated rings. The molecule has 1 aliphatic rings. The van der Waals surface area contributed by atoms with Crippen molar-refractivity contribution < 1.29 is 0 Å². The maximum absolute atomic E-state index is 4.67. The number of rotatable bonds is 2. The molecule has 1 aliphatic carbocycles. The van der Waals surface area contributed by atoms with Gasteiger partial charge in [-0.3, -0.25) is 4.99 Å². The standard InChI is InChI=1S/C17H18N2/c1-3-9-18-16-7-5-4-6-13-12-17-14(11-15(13)16)8-10-19(17)2/h3-4,6,8,10-12H,1,5,7,9H2,2H3. The fourth-order valence-electron chi connectivity index (χ4n) is 2.62. The molecule has 19 heavy (non-hydrogen) atoms. The highest BCUT2D eigenvalue weighted by atomic mass is 14.9. The molecule has 1 aromatic heterocycles. The van der Waals surface area contributed by atoms with Crippen LogP contribution in [0.1, 0.15) is 24.0 Å². The summed E-state index contributed by atoms with van der Waals surface area (Å²) in [4.78, 5) is 4.67. The molecule has 2 heteroatoms. The zero-order chi connectivity index (χ0) is 13.2. The Kier molecular flexibility index (Phi) is 3.08. The summed E-state index contributed by atoms with van der Waals surface area (Å²) in [5.41, 5.74) is 5.02. The van der Waals surface area contributed by atoms with Crippen LogP contribution >= 0.6 is 0 Å². The molecule has 1 heterocycles. The Morgan fingerprint density at radius 2 is 2.32 bits per heavy atom. The van der Waals surface area contributed by atoms with Crippen molar-refractivity contribution in [3.63, 3.8) is 0 Å². The van der Waals surface area contributed by atoms with Crippen LogP contribution < -0.4 is 0 Å². The number of aliphatic imine (C=N–C) groups is 1. The average molecular weight is 250 g/mol. The summed E-state index contributed by atoms with van der Waals surface area (Å²) < 4.78 is 2.16. The first-order valence-electron chi connectivity index (χ1n) is 6.70. The molecule has 0 spiro atoms. The lowest BCUT2D eigenvalue weighted by molar-refractivity contribution is 0.969. The third-order valence-corrected chi connectivity index (χ3v) is 3.62. The first-order chi connectivity index (χ1) is 9.29. The van der Waals surface area contributed by atoms with Gasteiger partial charge in [0, 0.05) is 35.4 Å². The number of aryl methyl sites for hydroxylation is 1. The number of aromatic nitrogens is 1. The third-order valence-electron chi connectivity index (χ3n) is 3.62. The summed E-state index contributed by atoms with van der Waals surface area (Å²) in [6.45, 7) is 4.45. The second-order valence-corrected chi connectivity index (χ2v) is 4.94. The van der Waals surface area contributed by atoms with Gasteiger partial charge < -0.3 is 4.57 Å². The average Bonchev–Trinajstić information content (AvgIpc) is 2.67. The van der Waals surface area contributed by atoms with Crippen LogP contribution in [0.25, 0.3) is 17.0 Å². The summed E-state index contributed by atoms with van der Waals surface area (Å²) in [6, 6.07) is 6.69. The van der Waals surface area contributed by atoms with Crippen LogP contribution in [0.5, 0.6) is 0 Å². The molecule has 3 rings (SSSR count). The summed E-state index contributed by atoms with van der Waals surface area (Å²) in [7, 11) is 2.09. The van der Waals surface area contributed by atoms with Gasteiger partial charge in [0.1, 0.15) is 0 Å². The van der Waals surface area contributed by atoms with Crippen molar-refractivity contribution in [2.45, 2.75) is 12.8 Å². The van der Waals surface area contributed by atoms with E-state index in [9.17, 15) is 0 Å². The smallest absolute Gasteiger partial charge is 0.0571 e. The molecule has 0 amide bonds. The number of benzene rings is 1. The van der Waals surface area contributed by atoms with E-state index in [1.54, 1.807) is 0 Å². The Balaban J connectivity index is 2.21. The van der Waals surface area contributed by atoms with Crippen molar-refractivity contribution in [1.29, 1.82) is 0 Å². The van der Waals surface area contributed by atoms with Gasteiger partial charge >= 0.3 is 0 Å². The Hall–Kier alpha value is -2.09. The lowest BCUT2D eigenvalue weighted by Crippen LogP contribution is -2.03. The minimum absolute atomic E-state index is 0.696. The van der Waals surface area contributed by atoms with Crippen LogP contribution in [0.2, 0.25) is 0 Å². The Labute approximate surface area is 113 Å². The maximum atomic E-state index is 4.67. The summed E-state index contributed by atoms with van der Waals surface area (Å²) >= 11 is 0. The van der Waals surface area contributed by atoms with Crippen molar-refractivity contribution in [2.24, 2.45) is 12.0 Å². The van der Waals surface area contributed by atoms with E-state index < -0.39 is 0 Å². The number of hydrogen-bond donors (Lipinski definition) is 0. The summed E-state index contributed by atoms with van der Waals surface area (Å²) in [5.74, 6) is 0. The second-order valence-electron chi connectivity index (χ2n) is 4.94. The van der Waals surface area contributed by atoms with E-state index in [4.69, 9.17) is 0 Å². The van der Waals surface area contributed by atoms with Crippen LogP contribution in [0.4, 0.5) is 0 Å².